The third-order valence-corrected chi connectivity index (χ3v) is 14.7. The predicted octanol–water partition coefficient (Wildman–Crippen LogP) is 8.34. The molecule has 6 heteroatoms. The van der Waals surface area contributed by atoms with Crippen molar-refractivity contribution in [3.63, 3.8) is 0 Å². The van der Waals surface area contributed by atoms with Crippen LogP contribution in [0.4, 0.5) is 11.4 Å². The molecule has 17 aliphatic rings. The van der Waals surface area contributed by atoms with Crippen LogP contribution in [0, 0.1) is 49.4 Å². The molecule has 0 spiro atoms. The molecule has 48 heavy (non-hydrogen) atoms. The van der Waals surface area contributed by atoms with E-state index in [0.29, 0.717) is 22.7 Å². The van der Waals surface area contributed by atoms with E-state index in [9.17, 15) is 19.2 Å². The van der Waals surface area contributed by atoms with Crippen molar-refractivity contribution in [1.82, 2.24) is 0 Å². The number of imide groups is 2. The molecule has 248 valence electrons. The van der Waals surface area contributed by atoms with Gasteiger partial charge in [0, 0.05) is 24.3 Å². The molecule has 15 saturated carbocycles. The van der Waals surface area contributed by atoms with Crippen LogP contribution < -0.4 is 9.80 Å². The van der Waals surface area contributed by atoms with E-state index in [2.05, 4.69) is 52.0 Å². The molecule has 4 amide bonds. The number of rotatable bonds is 4. The Kier molecular flexibility index (Phi) is 6.24. The number of hydrogen-bond donors (Lipinski definition) is 0. The number of aryl methyl sites for hydroxylation is 4. The minimum atomic E-state index is -0.247. The number of hydrogen-bond acceptors (Lipinski definition) is 4. The third-order valence-electron chi connectivity index (χ3n) is 14.7. The summed E-state index contributed by atoms with van der Waals surface area (Å²) in [7, 11) is 0. The summed E-state index contributed by atoms with van der Waals surface area (Å²) in [5.74, 6) is 0.0256. The van der Waals surface area contributed by atoms with Crippen molar-refractivity contribution in [1.29, 1.82) is 0 Å². The van der Waals surface area contributed by atoms with Gasteiger partial charge in [-0.25, -0.2) is 9.80 Å². The number of benzene rings is 2. The molecule has 0 aromatic heterocycles. The Morgan fingerprint density at radius 1 is 0.479 bits per heavy atom. The Morgan fingerprint density at radius 3 is 1.06 bits per heavy atom. The molecule has 15 fully saturated rings. The lowest BCUT2D eigenvalue weighted by molar-refractivity contribution is -0.162. The topological polar surface area (TPSA) is 74.8 Å². The maximum absolute atomic E-state index is 12.6. The molecule has 0 saturated heterocycles. The van der Waals surface area contributed by atoms with Crippen molar-refractivity contribution >= 4 is 35.0 Å². The fraction of sp³-hybridized carbons (Fsp3) is 0.524. The van der Waals surface area contributed by atoms with Gasteiger partial charge in [-0.2, -0.15) is 0 Å². The first kappa shape index (κ1) is 30.3. The van der Waals surface area contributed by atoms with E-state index in [1.165, 1.54) is 122 Å². The van der Waals surface area contributed by atoms with Gasteiger partial charge in [0.15, 0.2) is 0 Å². The zero-order valence-electron chi connectivity index (χ0n) is 28.8. The second kappa shape index (κ2) is 9.89. The van der Waals surface area contributed by atoms with E-state index < -0.39 is 0 Å². The van der Waals surface area contributed by atoms with Crippen LogP contribution in [0.2, 0.25) is 0 Å². The van der Waals surface area contributed by atoms with Gasteiger partial charge in [-0.1, -0.05) is 24.3 Å². The molecule has 15 aliphatic carbocycles. The van der Waals surface area contributed by atoms with Gasteiger partial charge in [0.25, 0.3) is 23.6 Å². The highest BCUT2D eigenvalue weighted by Gasteiger charge is 2.65. The van der Waals surface area contributed by atoms with Crippen LogP contribution in [0.5, 0.6) is 0 Å². The van der Waals surface area contributed by atoms with Gasteiger partial charge in [0.1, 0.15) is 0 Å². The van der Waals surface area contributed by atoms with Crippen molar-refractivity contribution in [3.8, 4) is 0 Å². The number of anilines is 2. The second-order valence-corrected chi connectivity index (χ2v) is 17.3. The summed E-state index contributed by atoms with van der Waals surface area (Å²) in [5.41, 5.74) is 9.67. The lowest BCUT2D eigenvalue weighted by Crippen LogP contribution is -2.58. The maximum Gasteiger partial charge on any atom is 0.258 e. The van der Waals surface area contributed by atoms with E-state index in [4.69, 9.17) is 0 Å². The van der Waals surface area contributed by atoms with Gasteiger partial charge in [0.05, 0.1) is 11.4 Å². The monoisotopic (exact) mass is 642 g/mol. The van der Waals surface area contributed by atoms with E-state index in [1.807, 2.05) is 0 Å². The Morgan fingerprint density at radius 2 is 0.771 bits per heavy atom. The molecule has 2 heterocycles. The molecule has 2 atom stereocenters. The third kappa shape index (κ3) is 4.10. The van der Waals surface area contributed by atoms with Gasteiger partial charge < -0.3 is 0 Å². The van der Waals surface area contributed by atoms with Crippen LogP contribution in [0.25, 0.3) is 0 Å². The highest BCUT2D eigenvalue weighted by molar-refractivity contribution is 6.29. The minimum absolute atomic E-state index is 0.247. The zero-order chi connectivity index (χ0) is 33.4. The van der Waals surface area contributed by atoms with Crippen LogP contribution >= 0.6 is 0 Å². The summed E-state index contributed by atoms with van der Waals surface area (Å²) in [4.78, 5) is 53.2. The first-order chi connectivity index (χ1) is 22.9. The van der Waals surface area contributed by atoms with E-state index in [1.54, 1.807) is 0 Å². The summed E-state index contributed by atoms with van der Waals surface area (Å²) in [6.45, 7) is 8.30. The summed E-state index contributed by atoms with van der Waals surface area (Å²) in [6, 6.07) is 9.28. The smallest absolute Gasteiger partial charge is 0.258 e. The molecule has 2 unspecified atom stereocenters. The normalized spacial score (nSPS) is 36.4. The molecular formula is C42H46N2O4. The van der Waals surface area contributed by atoms with E-state index in [-0.39, 0.29) is 34.5 Å². The van der Waals surface area contributed by atoms with Crippen molar-refractivity contribution in [2.75, 3.05) is 9.80 Å². The Bertz CT molecular complexity index is 1680. The Hall–Kier alpha value is -3.80. The van der Waals surface area contributed by atoms with Gasteiger partial charge in [-0.15, -0.1) is 0 Å². The number of carbonyl (C=O) groups is 4. The standard InChI is InChI=1S/C42H46N2O4/c1-25-17-29(18-26(2)37(25)43-33(45)5-6-34(43)46)31-21-39-9-13-41(31,14-10-39)23-40-11-15-42(24-39,16-12-40)32(22-40)30-19-27(3)38(28(4)20-30)44-35(47)7-8-36(44)48/h5-8,17-20,31-32H,9-16,21-24H2,1-4H3. The first-order valence-electron chi connectivity index (χ1n) is 18.2. The summed E-state index contributed by atoms with van der Waals surface area (Å²) >= 11 is 0. The molecule has 0 N–H and O–H groups in total. The van der Waals surface area contributed by atoms with Gasteiger partial charge >= 0.3 is 0 Å². The largest absolute Gasteiger partial charge is 0.269 e. The van der Waals surface area contributed by atoms with Crippen molar-refractivity contribution < 1.29 is 19.2 Å². The summed E-state index contributed by atoms with van der Waals surface area (Å²) < 4.78 is 0. The highest BCUT2D eigenvalue weighted by Crippen LogP contribution is 2.77. The zero-order valence-corrected chi connectivity index (χ0v) is 28.8. The van der Waals surface area contributed by atoms with Gasteiger partial charge in [0.2, 0.25) is 0 Å². The average molecular weight is 643 g/mol. The molecule has 0 radical (unpaired) electrons. The fourth-order valence-electron chi connectivity index (χ4n) is 12.8. The van der Waals surface area contributed by atoms with Crippen LogP contribution in [-0.2, 0) is 19.2 Å². The molecule has 6 nitrogen and oxygen atoms in total. The molecule has 2 aromatic rings. The van der Waals surface area contributed by atoms with Gasteiger partial charge in [-0.05, 0) is 172 Å². The maximum atomic E-state index is 12.6. The number of nitrogens with zero attached hydrogens (tertiary/aromatic N) is 2. The fourth-order valence-corrected chi connectivity index (χ4v) is 12.8. The average Bonchev–Trinajstić information content (AvgIpc) is 3.57. The number of amides is 4. The minimum Gasteiger partial charge on any atom is -0.269 e. The van der Waals surface area contributed by atoms with Crippen LogP contribution in [-0.4, -0.2) is 23.6 Å². The summed E-state index contributed by atoms with van der Waals surface area (Å²) in [6.07, 6.45) is 21.1. The van der Waals surface area contributed by atoms with Crippen LogP contribution in [0.3, 0.4) is 0 Å². The van der Waals surface area contributed by atoms with Crippen molar-refractivity contribution in [2.45, 2.75) is 117 Å². The van der Waals surface area contributed by atoms with E-state index in [0.717, 1.165) is 33.6 Å². The van der Waals surface area contributed by atoms with Crippen LogP contribution in [0.1, 0.15) is 122 Å². The Labute approximate surface area is 283 Å². The SMILES string of the molecule is Cc1cc(C2CC34CCC2(CC3)CC23CCC(CC2)(C4)C(c2cc(C)c(N4C(=O)C=CC4=O)c(C)c2)C3)cc(C)c1N1C(=O)C=CC1=O. The quantitative estimate of drug-likeness (QED) is 0.314. The molecule has 19 rings (SSSR count). The summed E-state index contributed by atoms with van der Waals surface area (Å²) in [5, 5.41) is 0. The molecule has 2 aromatic carbocycles. The Balaban J connectivity index is 1.09. The van der Waals surface area contributed by atoms with Crippen molar-refractivity contribution in [3.05, 3.63) is 82.0 Å². The second-order valence-electron chi connectivity index (χ2n) is 17.3. The molecule has 4 bridgehead atoms. The molecular weight excluding hydrogens is 596 g/mol. The van der Waals surface area contributed by atoms with Crippen molar-refractivity contribution in [2.24, 2.45) is 21.7 Å². The lowest BCUT2D eigenvalue weighted by atomic mass is 9.35. The number of carbonyl (C=O) groups excluding carboxylic acids is 4. The van der Waals surface area contributed by atoms with Crippen LogP contribution in [0.15, 0.2) is 48.6 Å². The highest BCUT2D eigenvalue weighted by atomic mass is 16.2. The first-order valence-corrected chi connectivity index (χ1v) is 18.2. The lowest BCUT2D eigenvalue weighted by Gasteiger charge is -2.70. The van der Waals surface area contributed by atoms with E-state index >= 15 is 0 Å². The molecule has 2 aliphatic heterocycles. The van der Waals surface area contributed by atoms with Gasteiger partial charge in [-0.3, -0.25) is 19.2 Å². The predicted molar refractivity (Wildman–Crippen MR) is 186 cm³/mol.